The van der Waals surface area contributed by atoms with Crippen LogP contribution in [0.1, 0.15) is 36.3 Å². The van der Waals surface area contributed by atoms with Crippen molar-refractivity contribution in [3.05, 3.63) is 15.6 Å². The second-order valence-electron chi connectivity index (χ2n) is 4.08. The molecule has 0 aliphatic carbocycles. The van der Waals surface area contributed by atoms with E-state index >= 15 is 0 Å². The summed E-state index contributed by atoms with van der Waals surface area (Å²) in [4.78, 5) is 5.79. The van der Waals surface area contributed by atoms with Gasteiger partial charge in [-0.15, -0.1) is 11.3 Å². The van der Waals surface area contributed by atoms with Gasteiger partial charge in [0.15, 0.2) is 0 Å². The van der Waals surface area contributed by atoms with Crippen molar-refractivity contribution in [1.29, 1.82) is 0 Å². The van der Waals surface area contributed by atoms with Gasteiger partial charge >= 0.3 is 0 Å². The summed E-state index contributed by atoms with van der Waals surface area (Å²) in [5.74, 6) is 0. The van der Waals surface area contributed by atoms with Crippen LogP contribution in [-0.2, 0) is 29.2 Å². The fourth-order valence-electron chi connectivity index (χ4n) is 1.37. The summed E-state index contributed by atoms with van der Waals surface area (Å²) in [6.07, 6.45) is 0. The lowest BCUT2D eigenvalue weighted by atomic mass is 10.3. The van der Waals surface area contributed by atoms with E-state index in [1.54, 1.807) is 18.4 Å². The van der Waals surface area contributed by atoms with Crippen molar-refractivity contribution < 1.29 is 9.47 Å². The van der Waals surface area contributed by atoms with Gasteiger partial charge in [0.05, 0.1) is 18.9 Å². The van der Waals surface area contributed by atoms with Gasteiger partial charge in [0, 0.05) is 31.2 Å². The Labute approximate surface area is 107 Å². The molecule has 0 bridgehead atoms. The Balaban J connectivity index is 2.66. The molecule has 0 radical (unpaired) electrons. The second kappa shape index (κ2) is 7.76. The fraction of sp³-hybridized carbons (Fsp3) is 0.750. The van der Waals surface area contributed by atoms with Crippen LogP contribution in [0.15, 0.2) is 0 Å². The van der Waals surface area contributed by atoms with E-state index in [4.69, 9.17) is 9.47 Å². The maximum absolute atomic E-state index is 5.38. The molecular weight excluding hydrogens is 236 g/mol. The Bertz CT molecular complexity index is 326. The van der Waals surface area contributed by atoms with Crippen LogP contribution >= 0.6 is 11.3 Å². The monoisotopic (exact) mass is 258 g/mol. The number of methoxy groups -OCH3 is 1. The minimum atomic E-state index is 0.475. The third kappa shape index (κ3) is 5.12. The molecule has 98 valence electrons. The van der Waals surface area contributed by atoms with Gasteiger partial charge in [0.1, 0.15) is 5.01 Å². The topological polar surface area (TPSA) is 43.4 Å². The fourth-order valence-corrected chi connectivity index (χ4v) is 2.33. The molecule has 0 fully saturated rings. The molecular formula is C12H22N2O2S. The zero-order valence-corrected chi connectivity index (χ0v) is 11.9. The molecule has 1 N–H and O–H groups in total. The number of ether oxygens (including phenoxy) is 2. The summed E-state index contributed by atoms with van der Waals surface area (Å²) in [7, 11) is 1.70. The first kappa shape index (κ1) is 14.6. The van der Waals surface area contributed by atoms with Gasteiger partial charge in [0.25, 0.3) is 0 Å². The Morgan fingerprint density at radius 2 is 2.12 bits per heavy atom. The van der Waals surface area contributed by atoms with Gasteiger partial charge in [-0.3, -0.25) is 0 Å². The van der Waals surface area contributed by atoms with E-state index in [2.05, 4.69) is 24.1 Å². The highest BCUT2D eigenvalue weighted by molar-refractivity contribution is 7.11. The van der Waals surface area contributed by atoms with Crippen LogP contribution in [0.2, 0.25) is 0 Å². The van der Waals surface area contributed by atoms with Crippen LogP contribution in [0.4, 0.5) is 0 Å². The van der Waals surface area contributed by atoms with Crippen molar-refractivity contribution in [3.63, 3.8) is 0 Å². The largest absolute Gasteiger partial charge is 0.378 e. The molecule has 0 saturated heterocycles. The Hall–Kier alpha value is -0.490. The molecule has 5 heteroatoms. The zero-order valence-electron chi connectivity index (χ0n) is 11.1. The number of thiazole rings is 1. The molecule has 0 amide bonds. The number of rotatable bonds is 8. The van der Waals surface area contributed by atoms with Crippen LogP contribution in [0.5, 0.6) is 0 Å². The van der Waals surface area contributed by atoms with Crippen LogP contribution in [-0.4, -0.2) is 24.7 Å². The first-order valence-electron chi connectivity index (χ1n) is 5.94. The Morgan fingerprint density at radius 3 is 2.71 bits per heavy atom. The van der Waals surface area contributed by atoms with Crippen LogP contribution in [0, 0.1) is 0 Å². The van der Waals surface area contributed by atoms with E-state index in [1.807, 2.05) is 6.92 Å². The molecule has 4 nitrogen and oxygen atoms in total. The highest BCUT2D eigenvalue weighted by atomic mass is 32.1. The van der Waals surface area contributed by atoms with Crippen molar-refractivity contribution in [2.45, 2.75) is 46.6 Å². The van der Waals surface area contributed by atoms with Crippen molar-refractivity contribution in [1.82, 2.24) is 10.3 Å². The van der Waals surface area contributed by atoms with Gasteiger partial charge < -0.3 is 14.8 Å². The number of nitrogens with one attached hydrogen (secondary N) is 1. The first-order chi connectivity index (χ1) is 8.17. The minimum absolute atomic E-state index is 0.475. The predicted molar refractivity (Wildman–Crippen MR) is 70.1 cm³/mol. The predicted octanol–water partition coefficient (Wildman–Crippen LogP) is 2.32. The lowest BCUT2D eigenvalue weighted by molar-refractivity contribution is 0.133. The van der Waals surface area contributed by atoms with Crippen molar-refractivity contribution >= 4 is 11.3 Å². The highest BCUT2D eigenvalue weighted by Crippen LogP contribution is 2.20. The molecule has 0 aromatic carbocycles. The number of hydrogen-bond donors (Lipinski definition) is 1. The smallest absolute Gasteiger partial charge is 0.119 e. The minimum Gasteiger partial charge on any atom is -0.378 e. The van der Waals surface area contributed by atoms with Gasteiger partial charge in [0.2, 0.25) is 0 Å². The zero-order chi connectivity index (χ0) is 12.7. The van der Waals surface area contributed by atoms with E-state index in [1.165, 1.54) is 4.88 Å². The van der Waals surface area contributed by atoms with Crippen LogP contribution in [0.25, 0.3) is 0 Å². The first-order valence-corrected chi connectivity index (χ1v) is 6.76. The highest BCUT2D eigenvalue weighted by Gasteiger charge is 2.11. The molecule has 1 aromatic heterocycles. The molecule has 0 aliphatic rings. The maximum Gasteiger partial charge on any atom is 0.119 e. The molecule has 1 heterocycles. The average Bonchev–Trinajstić information content (AvgIpc) is 2.67. The molecule has 1 rings (SSSR count). The SMILES string of the molecule is CCOCc1nc(COC)c(CNC(C)C)s1. The average molecular weight is 258 g/mol. The number of nitrogens with zero attached hydrogens (tertiary/aromatic N) is 1. The van der Waals surface area contributed by atoms with E-state index in [0.29, 0.717) is 19.3 Å². The van der Waals surface area contributed by atoms with E-state index < -0.39 is 0 Å². The maximum atomic E-state index is 5.38. The third-order valence-corrected chi connectivity index (χ3v) is 3.28. The lowest BCUT2D eigenvalue weighted by Crippen LogP contribution is -2.21. The summed E-state index contributed by atoms with van der Waals surface area (Å²) in [5, 5.41) is 4.43. The van der Waals surface area contributed by atoms with E-state index in [0.717, 1.165) is 23.9 Å². The molecule has 0 unspecified atom stereocenters. The summed E-state index contributed by atoms with van der Waals surface area (Å²) in [6, 6.07) is 0.475. The van der Waals surface area contributed by atoms with Gasteiger partial charge in [-0.2, -0.15) is 0 Å². The van der Waals surface area contributed by atoms with E-state index in [9.17, 15) is 0 Å². The van der Waals surface area contributed by atoms with Gasteiger partial charge in [-0.25, -0.2) is 4.98 Å². The number of hydrogen-bond acceptors (Lipinski definition) is 5. The summed E-state index contributed by atoms with van der Waals surface area (Å²) in [5.41, 5.74) is 1.03. The van der Waals surface area contributed by atoms with Gasteiger partial charge in [-0.05, 0) is 6.92 Å². The summed E-state index contributed by atoms with van der Waals surface area (Å²) in [6.45, 7) is 9.00. The van der Waals surface area contributed by atoms with Gasteiger partial charge in [-0.1, -0.05) is 13.8 Å². The second-order valence-corrected chi connectivity index (χ2v) is 5.25. The van der Waals surface area contributed by atoms with Crippen molar-refractivity contribution in [2.75, 3.05) is 13.7 Å². The molecule has 0 aliphatic heterocycles. The normalized spacial score (nSPS) is 11.4. The Morgan fingerprint density at radius 1 is 1.35 bits per heavy atom. The molecule has 0 saturated carbocycles. The molecule has 0 atom stereocenters. The van der Waals surface area contributed by atoms with Crippen molar-refractivity contribution in [3.8, 4) is 0 Å². The molecule has 0 spiro atoms. The Kier molecular flexibility index (Phi) is 6.65. The molecule has 17 heavy (non-hydrogen) atoms. The summed E-state index contributed by atoms with van der Waals surface area (Å²) >= 11 is 1.70. The third-order valence-electron chi connectivity index (χ3n) is 2.20. The summed E-state index contributed by atoms with van der Waals surface area (Å²) < 4.78 is 10.5. The number of aromatic nitrogens is 1. The quantitative estimate of drug-likeness (QED) is 0.777. The van der Waals surface area contributed by atoms with Crippen molar-refractivity contribution in [2.24, 2.45) is 0 Å². The van der Waals surface area contributed by atoms with E-state index in [-0.39, 0.29) is 0 Å². The van der Waals surface area contributed by atoms with Crippen LogP contribution in [0.3, 0.4) is 0 Å². The lowest BCUT2D eigenvalue weighted by Gasteiger charge is -2.07. The van der Waals surface area contributed by atoms with Crippen LogP contribution < -0.4 is 5.32 Å². The standard InChI is InChI=1S/C12H22N2O2S/c1-5-16-8-12-14-10(7-15-4)11(17-12)6-13-9(2)3/h9,13H,5-8H2,1-4H3. The molecule has 1 aromatic rings.